The van der Waals surface area contributed by atoms with E-state index < -0.39 is 30.1 Å². The Morgan fingerprint density at radius 2 is 2.00 bits per heavy atom. The van der Waals surface area contributed by atoms with E-state index in [-0.39, 0.29) is 37.6 Å². The minimum Gasteiger partial charge on any atom is -0.459 e. The number of rotatable bonds is 4. The normalized spacial score (nSPS) is 19.0. The van der Waals surface area contributed by atoms with E-state index in [1.54, 1.807) is 0 Å². The first-order valence-electron chi connectivity index (χ1n) is 7.58. The molecule has 0 aromatic carbocycles. The van der Waals surface area contributed by atoms with Crippen molar-refractivity contribution in [3.63, 3.8) is 0 Å². The number of aliphatic hydroxyl groups excluding tert-OH is 1. The number of alkyl halides is 3. The van der Waals surface area contributed by atoms with Gasteiger partial charge in [-0.15, -0.1) is 0 Å². The van der Waals surface area contributed by atoms with Crippen molar-refractivity contribution in [1.29, 1.82) is 0 Å². The number of furan rings is 1. The fraction of sp³-hybridized carbons (Fsp3) is 0.600. The molecule has 2 unspecified atom stereocenters. The summed E-state index contributed by atoms with van der Waals surface area (Å²) in [6, 6.07) is 2.17. The van der Waals surface area contributed by atoms with E-state index in [0.29, 0.717) is 0 Å². The largest absolute Gasteiger partial charge is 0.459 e. The van der Waals surface area contributed by atoms with Gasteiger partial charge in [-0.25, -0.2) is 0 Å². The van der Waals surface area contributed by atoms with E-state index in [0.717, 1.165) is 0 Å². The van der Waals surface area contributed by atoms with Crippen LogP contribution in [-0.2, 0) is 4.79 Å². The van der Waals surface area contributed by atoms with Crippen molar-refractivity contribution in [2.24, 2.45) is 5.92 Å². The summed E-state index contributed by atoms with van der Waals surface area (Å²) in [6.45, 7) is 1.72. The summed E-state index contributed by atoms with van der Waals surface area (Å²) < 4.78 is 42.4. The van der Waals surface area contributed by atoms with Gasteiger partial charge in [0.15, 0.2) is 11.9 Å². The van der Waals surface area contributed by atoms with Crippen LogP contribution >= 0.6 is 0 Å². The first kappa shape index (κ1) is 18.3. The number of carbonyl (C=O) groups excluding carboxylic acids is 2. The summed E-state index contributed by atoms with van der Waals surface area (Å²) in [5.74, 6) is -1.76. The second-order valence-corrected chi connectivity index (χ2v) is 5.82. The minimum atomic E-state index is -4.65. The van der Waals surface area contributed by atoms with Gasteiger partial charge in [0.1, 0.15) is 6.04 Å². The molecule has 2 atom stereocenters. The molecule has 0 saturated carbocycles. The molecule has 0 bridgehead atoms. The predicted molar refractivity (Wildman–Crippen MR) is 77.0 cm³/mol. The van der Waals surface area contributed by atoms with Gasteiger partial charge in [0.05, 0.1) is 6.26 Å². The molecule has 2 amide bonds. The lowest BCUT2D eigenvalue weighted by Gasteiger charge is -2.35. The van der Waals surface area contributed by atoms with Gasteiger partial charge >= 0.3 is 6.18 Å². The predicted octanol–water partition coefficient (Wildman–Crippen LogP) is 1.56. The third kappa shape index (κ3) is 4.28. The molecular weight excluding hydrogens is 329 g/mol. The maximum atomic E-state index is 12.5. The maximum absolute atomic E-state index is 12.5. The van der Waals surface area contributed by atoms with Crippen LogP contribution in [0.15, 0.2) is 22.8 Å². The lowest BCUT2D eigenvalue weighted by molar-refractivity contribution is -0.223. The topological polar surface area (TPSA) is 82.8 Å². The Morgan fingerprint density at radius 1 is 1.38 bits per heavy atom. The summed E-state index contributed by atoms with van der Waals surface area (Å²) in [6.07, 6.45) is -5.57. The van der Waals surface area contributed by atoms with Gasteiger partial charge < -0.3 is 19.7 Å². The molecule has 1 aliphatic heterocycles. The summed E-state index contributed by atoms with van der Waals surface area (Å²) in [4.78, 5) is 25.5. The molecule has 9 heteroatoms. The first-order chi connectivity index (χ1) is 11.2. The van der Waals surface area contributed by atoms with E-state index in [1.165, 1.54) is 30.2 Å². The fourth-order valence-electron chi connectivity index (χ4n) is 2.71. The SMILES string of the molecule is CC(NC(=O)c1ccco1)C(=O)N1CCC(C(O)C(F)(F)F)CC1. The van der Waals surface area contributed by atoms with Crippen LogP contribution in [0.2, 0.25) is 0 Å². The molecule has 0 aliphatic carbocycles. The standard InChI is InChI=1S/C15H19F3N2O4/c1-9(19-13(22)11-3-2-8-24-11)14(23)20-6-4-10(5-7-20)12(21)15(16,17)18/h2-3,8-10,12,21H,4-7H2,1H3,(H,19,22). The highest BCUT2D eigenvalue weighted by atomic mass is 19.4. The number of nitrogens with one attached hydrogen (secondary N) is 1. The number of carbonyl (C=O) groups is 2. The van der Waals surface area contributed by atoms with Crippen molar-refractivity contribution >= 4 is 11.8 Å². The average Bonchev–Trinajstić information content (AvgIpc) is 3.07. The zero-order valence-electron chi connectivity index (χ0n) is 13.0. The fourth-order valence-corrected chi connectivity index (χ4v) is 2.71. The molecule has 2 N–H and O–H groups in total. The second kappa shape index (κ2) is 7.25. The maximum Gasteiger partial charge on any atom is 0.414 e. The smallest absolute Gasteiger partial charge is 0.414 e. The molecule has 2 heterocycles. The Balaban J connectivity index is 1.85. The van der Waals surface area contributed by atoms with Crippen molar-refractivity contribution in [3.05, 3.63) is 24.2 Å². The summed E-state index contributed by atoms with van der Waals surface area (Å²) >= 11 is 0. The molecule has 1 aromatic heterocycles. The van der Waals surface area contributed by atoms with Crippen molar-refractivity contribution in [1.82, 2.24) is 10.2 Å². The molecule has 0 spiro atoms. The number of hydrogen-bond acceptors (Lipinski definition) is 4. The summed E-state index contributed by atoms with van der Waals surface area (Å²) in [7, 11) is 0. The Hall–Kier alpha value is -2.03. The molecule has 1 saturated heterocycles. The van der Waals surface area contributed by atoms with E-state index in [9.17, 15) is 27.9 Å². The van der Waals surface area contributed by atoms with Gasteiger partial charge in [0.25, 0.3) is 5.91 Å². The van der Waals surface area contributed by atoms with Crippen LogP contribution in [0.4, 0.5) is 13.2 Å². The van der Waals surface area contributed by atoms with Crippen molar-refractivity contribution in [3.8, 4) is 0 Å². The van der Waals surface area contributed by atoms with Crippen LogP contribution < -0.4 is 5.32 Å². The number of amides is 2. The Labute approximate surface area is 136 Å². The number of hydrogen-bond donors (Lipinski definition) is 2. The highest BCUT2D eigenvalue weighted by Gasteiger charge is 2.44. The minimum absolute atomic E-state index is 0.0608. The molecule has 1 fully saturated rings. The number of piperidine rings is 1. The van der Waals surface area contributed by atoms with Gasteiger partial charge in [-0.2, -0.15) is 13.2 Å². The van der Waals surface area contributed by atoms with Crippen LogP contribution in [0.5, 0.6) is 0 Å². The summed E-state index contributed by atoms with van der Waals surface area (Å²) in [5, 5.41) is 11.8. The lowest BCUT2D eigenvalue weighted by atomic mass is 9.90. The Morgan fingerprint density at radius 3 is 2.50 bits per heavy atom. The molecule has 1 aromatic rings. The number of nitrogens with zero attached hydrogens (tertiary/aromatic N) is 1. The number of likely N-dealkylation sites (tertiary alicyclic amines) is 1. The third-order valence-corrected chi connectivity index (χ3v) is 4.10. The van der Waals surface area contributed by atoms with Gasteiger partial charge in [-0.1, -0.05) is 0 Å². The van der Waals surface area contributed by atoms with Crippen molar-refractivity contribution < 1.29 is 32.3 Å². The van der Waals surface area contributed by atoms with Crippen LogP contribution in [0.1, 0.15) is 30.3 Å². The van der Waals surface area contributed by atoms with Crippen LogP contribution in [0, 0.1) is 5.92 Å². The van der Waals surface area contributed by atoms with Gasteiger partial charge in [0.2, 0.25) is 5.91 Å². The quantitative estimate of drug-likeness (QED) is 0.865. The van der Waals surface area contributed by atoms with Gasteiger partial charge in [-0.05, 0) is 37.8 Å². The van der Waals surface area contributed by atoms with E-state index >= 15 is 0 Å². The number of aliphatic hydroxyl groups is 1. The van der Waals surface area contributed by atoms with Crippen LogP contribution in [0.3, 0.4) is 0 Å². The first-order valence-corrected chi connectivity index (χ1v) is 7.58. The van der Waals surface area contributed by atoms with Crippen molar-refractivity contribution in [2.75, 3.05) is 13.1 Å². The number of halogens is 3. The monoisotopic (exact) mass is 348 g/mol. The molecule has 24 heavy (non-hydrogen) atoms. The Kier molecular flexibility index (Phi) is 5.53. The van der Waals surface area contributed by atoms with Crippen molar-refractivity contribution in [2.45, 2.75) is 38.1 Å². The Bertz CT molecular complexity index is 566. The lowest BCUT2D eigenvalue weighted by Crippen LogP contribution is -2.51. The van der Waals surface area contributed by atoms with Gasteiger partial charge in [0, 0.05) is 13.1 Å². The zero-order chi connectivity index (χ0) is 17.9. The molecule has 0 radical (unpaired) electrons. The molecule has 2 rings (SSSR count). The molecular formula is C15H19F3N2O4. The third-order valence-electron chi connectivity index (χ3n) is 4.10. The van der Waals surface area contributed by atoms with Crippen LogP contribution in [-0.4, -0.2) is 53.2 Å². The van der Waals surface area contributed by atoms with Crippen LogP contribution in [0.25, 0.3) is 0 Å². The van der Waals surface area contributed by atoms with E-state index in [1.807, 2.05) is 0 Å². The molecule has 6 nitrogen and oxygen atoms in total. The zero-order valence-corrected chi connectivity index (χ0v) is 13.0. The average molecular weight is 348 g/mol. The van der Waals surface area contributed by atoms with Gasteiger partial charge in [-0.3, -0.25) is 9.59 Å². The highest BCUT2D eigenvalue weighted by Crippen LogP contribution is 2.31. The summed E-state index contributed by atoms with van der Waals surface area (Å²) in [5.41, 5.74) is 0. The molecule has 134 valence electrons. The highest BCUT2D eigenvalue weighted by molar-refractivity contribution is 5.95. The molecule has 1 aliphatic rings. The van der Waals surface area contributed by atoms with E-state index in [4.69, 9.17) is 4.42 Å². The van der Waals surface area contributed by atoms with E-state index in [2.05, 4.69) is 5.32 Å². The second-order valence-electron chi connectivity index (χ2n) is 5.82.